The van der Waals surface area contributed by atoms with Crippen molar-refractivity contribution in [2.24, 2.45) is 0 Å². The fourth-order valence-corrected chi connectivity index (χ4v) is 2.86. The van der Waals surface area contributed by atoms with Crippen molar-refractivity contribution in [3.05, 3.63) is 47.5 Å². The van der Waals surface area contributed by atoms with Gasteiger partial charge in [0.1, 0.15) is 0 Å². The largest absolute Gasteiger partial charge is 0.477 e. The van der Waals surface area contributed by atoms with Crippen LogP contribution in [0.5, 0.6) is 0 Å². The van der Waals surface area contributed by atoms with Gasteiger partial charge in [0.2, 0.25) is 0 Å². The molecule has 0 saturated heterocycles. The SMILES string of the molecule is O=C(NCCN1CCCc2ccccc21)c1nc[nH]c1C(=O)O. The van der Waals surface area contributed by atoms with Crippen molar-refractivity contribution in [1.29, 1.82) is 0 Å². The Kier molecular flexibility index (Phi) is 4.27. The number of para-hydroxylation sites is 1. The number of nitrogens with zero attached hydrogens (tertiary/aromatic N) is 2. The quantitative estimate of drug-likeness (QED) is 0.772. The van der Waals surface area contributed by atoms with Crippen molar-refractivity contribution < 1.29 is 14.7 Å². The van der Waals surface area contributed by atoms with Crippen LogP contribution in [0.2, 0.25) is 0 Å². The molecule has 0 bridgehead atoms. The molecule has 0 aliphatic carbocycles. The van der Waals surface area contributed by atoms with Gasteiger partial charge in [0.05, 0.1) is 6.33 Å². The molecule has 0 spiro atoms. The van der Waals surface area contributed by atoms with E-state index in [1.54, 1.807) is 0 Å². The second-order valence-corrected chi connectivity index (χ2v) is 5.41. The molecule has 0 atom stereocenters. The lowest BCUT2D eigenvalue weighted by Gasteiger charge is -2.31. The predicted octanol–water partition coefficient (Wildman–Crippen LogP) is 1.29. The normalized spacial score (nSPS) is 13.5. The summed E-state index contributed by atoms with van der Waals surface area (Å²) in [5.41, 5.74) is 2.26. The number of hydrogen-bond donors (Lipinski definition) is 3. The van der Waals surface area contributed by atoms with Gasteiger partial charge in [0.15, 0.2) is 11.4 Å². The van der Waals surface area contributed by atoms with E-state index in [9.17, 15) is 9.59 Å². The van der Waals surface area contributed by atoms with Crippen LogP contribution in [-0.2, 0) is 6.42 Å². The standard InChI is InChI=1S/C16H18N4O3/c21-15(13-14(16(22)23)19-10-18-13)17-7-9-20-8-3-5-11-4-1-2-6-12(11)20/h1-2,4,6,10H,3,5,7-9H2,(H,17,21)(H,18,19)(H,22,23). The Hall–Kier alpha value is -2.83. The Morgan fingerprint density at radius 2 is 2.17 bits per heavy atom. The van der Waals surface area contributed by atoms with Gasteiger partial charge in [-0.05, 0) is 24.5 Å². The average Bonchev–Trinajstić information content (AvgIpc) is 3.05. The third kappa shape index (κ3) is 3.18. The van der Waals surface area contributed by atoms with Gasteiger partial charge >= 0.3 is 5.97 Å². The van der Waals surface area contributed by atoms with Gasteiger partial charge in [-0.2, -0.15) is 0 Å². The predicted molar refractivity (Wildman–Crippen MR) is 84.9 cm³/mol. The minimum absolute atomic E-state index is 0.0865. The number of amides is 1. The lowest BCUT2D eigenvalue weighted by Crippen LogP contribution is -2.38. The maximum atomic E-state index is 12.0. The van der Waals surface area contributed by atoms with E-state index in [0.717, 1.165) is 19.4 Å². The molecule has 2 heterocycles. The van der Waals surface area contributed by atoms with Gasteiger partial charge in [0.25, 0.3) is 5.91 Å². The highest BCUT2D eigenvalue weighted by molar-refractivity contribution is 6.02. The van der Waals surface area contributed by atoms with Gasteiger partial charge in [-0.1, -0.05) is 18.2 Å². The zero-order chi connectivity index (χ0) is 16.2. The number of hydrogen-bond acceptors (Lipinski definition) is 4. The monoisotopic (exact) mass is 314 g/mol. The molecule has 23 heavy (non-hydrogen) atoms. The van der Waals surface area contributed by atoms with E-state index < -0.39 is 11.9 Å². The Bertz CT molecular complexity index is 726. The van der Waals surface area contributed by atoms with Gasteiger partial charge in [0, 0.05) is 25.3 Å². The van der Waals surface area contributed by atoms with E-state index in [1.165, 1.54) is 17.6 Å². The van der Waals surface area contributed by atoms with Crippen LogP contribution in [0.15, 0.2) is 30.6 Å². The number of fused-ring (bicyclic) bond motifs is 1. The van der Waals surface area contributed by atoms with E-state index in [0.29, 0.717) is 13.1 Å². The molecule has 0 radical (unpaired) electrons. The molecule has 1 aliphatic heterocycles. The molecular weight excluding hydrogens is 296 g/mol. The average molecular weight is 314 g/mol. The number of aromatic nitrogens is 2. The van der Waals surface area contributed by atoms with Crippen LogP contribution in [0, 0.1) is 0 Å². The third-order valence-corrected chi connectivity index (χ3v) is 3.94. The van der Waals surface area contributed by atoms with E-state index in [2.05, 4.69) is 32.3 Å². The fourth-order valence-electron chi connectivity index (χ4n) is 2.86. The van der Waals surface area contributed by atoms with Crippen LogP contribution in [-0.4, -0.2) is 46.6 Å². The van der Waals surface area contributed by atoms with E-state index in [1.807, 2.05) is 12.1 Å². The minimum atomic E-state index is -1.20. The summed E-state index contributed by atoms with van der Waals surface area (Å²) in [7, 11) is 0. The molecule has 0 saturated carbocycles. The Morgan fingerprint density at radius 1 is 1.35 bits per heavy atom. The van der Waals surface area contributed by atoms with Gasteiger partial charge in [-0.15, -0.1) is 0 Å². The number of carbonyl (C=O) groups excluding carboxylic acids is 1. The summed E-state index contributed by atoms with van der Waals surface area (Å²) in [6, 6.07) is 8.27. The maximum absolute atomic E-state index is 12.0. The van der Waals surface area contributed by atoms with Gasteiger partial charge < -0.3 is 20.3 Å². The topological polar surface area (TPSA) is 98.3 Å². The number of benzene rings is 1. The minimum Gasteiger partial charge on any atom is -0.477 e. The summed E-state index contributed by atoms with van der Waals surface area (Å²) in [4.78, 5) is 31.5. The lowest BCUT2D eigenvalue weighted by atomic mass is 10.0. The van der Waals surface area contributed by atoms with Crippen molar-refractivity contribution in [3.8, 4) is 0 Å². The first kappa shape index (κ1) is 15.1. The Balaban J connectivity index is 1.59. The van der Waals surface area contributed by atoms with Gasteiger partial charge in [-0.25, -0.2) is 9.78 Å². The molecule has 7 heteroatoms. The summed E-state index contributed by atoms with van der Waals surface area (Å²) in [5.74, 6) is -1.67. The number of anilines is 1. The number of carboxylic acid groups (broad SMARTS) is 1. The number of H-pyrrole nitrogens is 1. The summed E-state index contributed by atoms with van der Waals surface area (Å²) >= 11 is 0. The lowest BCUT2D eigenvalue weighted by molar-refractivity contribution is 0.0685. The highest BCUT2D eigenvalue weighted by atomic mass is 16.4. The van der Waals surface area contributed by atoms with E-state index in [4.69, 9.17) is 5.11 Å². The second-order valence-electron chi connectivity index (χ2n) is 5.41. The first-order valence-corrected chi connectivity index (χ1v) is 7.54. The zero-order valence-electron chi connectivity index (χ0n) is 12.6. The molecule has 1 amide bonds. The smallest absolute Gasteiger partial charge is 0.354 e. The molecule has 1 aromatic heterocycles. The number of rotatable bonds is 5. The van der Waals surface area contributed by atoms with Crippen molar-refractivity contribution in [2.75, 3.05) is 24.5 Å². The summed E-state index contributed by atoms with van der Waals surface area (Å²) in [5, 5.41) is 11.7. The zero-order valence-corrected chi connectivity index (χ0v) is 12.6. The van der Waals surface area contributed by atoms with Gasteiger partial charge in [-0.3, -0.25) is 4.79 Å². The van der Waals surface area contributed by atoms with Crippen molar-refractivity contribution in [1.82, 2.24) is 15.3 Å². The first-order valence-electron chi connectivity index (χ1n) is 7.54. The van der Waals surface area contributed by atoms with Crippen molar-refractivity contribution in [2.45, 2.75) is 12.8 Å². The second kappa shape index (κ2) is 6.51. The Morgan fingerprint density at radius 3 is 3.00 bits per heavy atom. The van der Waals surface area contributed by atoms with Crippen LogP contribution < -0.4 is 10.2 Å². The fraction of sp³-hybridized carbons (Fsp3) is 0.312. The van der Waals surface area contributed by atoms with Crippen LogP contribution in [0.25, 0.3) is 0 Å². The summed E-state index contributed by atoms with van der Waals surface area (Å²) in [6.07, 6.45) is 3.38. The molecule has 3 rings (SSSR count). The number of aromatic amines is 1. The molecular formula is C16H18N4O3. The number of aromatic carboxylic acids is 1. The summed E-state index contributed by atoms with van der Waals surface area (Å²) in [6.45, 7) is 2.06. The molecule has 120 valence electrons. The van der Waals surface area contributed by atoms with E-state index >= 15 is 0 Å². The van der Waals surface area contributed by atoms with Crippen molar-refractivity contribution in [3.63, 3.8) is 0 Å². The molecule has 3 N–H and O–H groups in total. The van der Waals surface area contributed by atoms with Crippen LogP contribution in [0.3, 0.4) is 0 Å². The van der Waals surface area contributed by atoms with E-state index in [-0.39, 0.29) is 11.4 Å². The highest BCUT2D eigenvalue weighted by Crippen LogP contribution is 2.25. The maximum Gasteiger partial charge on any atom is 0.354 e. The molecule has 1 aliphatic rings. The van der Waals surface area contributed by atoms with Crippen LogP contribution >= 0.6 is 0 Å². The number of imidazole rings is 1. The van der Waals surface area contributed by atoms with Crippen LogP contribution in [0.4, 0.5) is 5.69 Å². The molecule has 0 unspecified atom stereocenters. The third-order valence-electron chi connectivity index (χ3n) is 3.94. The molecule has 2 aromatic rings. The number of aryl methyl sites for hydroxylation is 1. The number of carboxylic acids is 1. The van der Waals surface area contributed by atoms with Crippen LogP contribution in [0.1, 0.15) is 33.0 Å². The molecule has 7 nitrogen and oxygen atoms in total. The highest BCUT2D eigenvalue weighted by Gasteiger charge is 2.20. The first-order chi connectivity index (χ1) is 11.2. The van der Waals surface area contributed by atoms with Crippen molar-refractivity contribution >= 4 is 17.6 Å². The molecule has 0 fully saturated rings. The molecule has 1 aromatic carbocycles. The number of carbonyl (C=O) groups is 2. The Labute approximate surface area is 133 Å². The summed E-state index contributed by atoms with van der Waals surface area (Å²) < 4.78 is 0. The number of nitrogens with one attached hydrogen (secondary N) is 2.